The molecule has 3 rings (SSSR count). The van der Waals surface area contributed by atoms with Crippen LogP contribution in [0.15, 0.2) is 16.7 Å². The van der Waals surface area contributed by atoms with Crippen LogP contribution >= 0.6 is 0 Å². The van der Waals surface area contributed by atoms with Crippen molar-refractivity contribution in [3.63, 3.8) is 0 Å². The Hall–Kier alpha value is -0.800. The summed E-state index contributed by atoms with van der Waals surface area (Å²) in [7, 11) is 0. The average molecular weight is 234 g/mol. The van der Waals surface area contributed by atoms with Crippen LogP contribution in [0.5, 0.6) is 0 Å². The second kappa shape index (κ2) is 4.83. The van der Waals surface area contributed by atoms with Gasteiger partial charge in [-0.25, -0.2) is 0 Å². The molecule has 3 nitrogen and oxygen atoms in total. The second-order valence-electron chi connectivity index (χ2n) is 5.52. The van der Waals surface area contributed by atoms with Crippen LogP contribution < -0.4 is 11.1 Å². The molecule has 2 aliphatic rings. The Morgan fingerprint density at radius 3 is 2.82 bits per heavy atom. The molecule has 17 heavy (non-hydrogen) atoms. The molecule has 1 fully saturated rings. The normalized spacial score (nSPS) is 33.4. The van der Waals surface area contributed by atoms with Gasteiger partial charge in [-0.05, 0) is 44.6 Å². The van der Waals surface area contributed by atoms with E-state index in [0.29, 0.717) is 18.1 Å². The Morgan fingerprint density at radius 1 is 1.18 bits per heavy atom. The molecule has 3 N–H and O–H groups in total. The number of nitrogens with two attached hydrogens (primary N) is 1. The van der Waals surface area contributed by atoms with Crippen molar-refractivity contribution in [1.82, 2.24) is 5.32 Å². The lowest BCUT2D eigenvalue weighted by molar-refractivity contribution is 0.297. The van der Waals surface area contributed by atoms with E-state index in [2.05, 4.69) is 11.4 Å². The van der Waals surface area contributed by atoms with Crippen LogP contribution in [0.25, 0.3) is 0 Å². The van der Waals surface area contributed by atoms with Crippen LogP contribution in [0, 0.1) is 0 Å². The van der Waals surface area contributed by atoms with E-state index < -0.39 is 0 Å². The zero-order valence-corrected chi connectivity index (χ0v) is 10.3. The van der Waals surface area contributed by atoms with Gasteiger partial charge in [0, 0.05) is 30.1 Å². The van der Waals surface area contributed by atoms with E-state index in [-0.39, 0.29) is 0 Å². The number of aryl methyl sites for hydroxylation is 1. The molecule has 0 spiro atoms. The lowest BCUT2D eigenvalue weighted by Crippen LogP contribution is -2.39. The molecule has 1 saturated carbocycles. The molecular formula is C14H22N2O. The van der Waals surface area contributed by atoms with E-state index >= 15 is 0 Å². The highest BCUT2D eigenvalue weighted by Crippen LogP contribution is 2.32. The summed E-state index contributed by atoms with van der Waals surface area (Å²) in [5, 5.41) is 3.81. The molecule has 1 heterocycles. The maximum atomic E-state index is 5.95. The molecule has 0 amide bonds. The Bertz CT molecular complexity index is 366. The molecule has 0 radical (unpaired) electrons. The van der Waals surface area contributed by atoms with Crippen molar-refractivity contribution in [1.29, 1.82) is 0 Å². The fraction of sp³-hybridized carbons (Fsp3) is 0.714. The summed E-state index contributed by atoms with van der Waals surface area (Å²) in [4.78, 5) is 0. The molecule has 0 bridgehead atoms. The van der Waals surface area contributed by atoms with E-state index in [4.69, 9.17) is 10.2 Å². The van der Waals surface area contributed by atoms with Gasteiger partial charge in [-0.3, -0.25) is 0 Å². The first-order valence-electron chi connectivity index (χ1n) is 6.91. The van der Waals surface area contributed by atoms with Gasteiger partial charge in [0.2, 0.25) is 0 Å². The van der Waals surface area contributed by atoms with Crippen molar-refractivity contribution in [2.45, 2.75) is 63.1 Å². The first-order valence-corrected chi connectivity index (χ1v) is 6.91. The van der Waals surface area contributed by atoms with Gasteiger partial charge in [0.15, 0.2) is 0 Å². The predicted molar refractivity (Wildman–Crippen MR) is 67.8 cm³/mol. The van der Waals surface area contributed by atoms with Gasteiger partial charge in [0.25, 0.3) is 0 Å². The number of rotatable bonds is 2. The summed E-state index contributed by atoms with van der Waals surface area (Å²) in [5.41, 5.74) is 7.34. The van der Waals surface area contributed by atoms with Crippen LogP contribution in [0.4, 0.5) is 0 Å². The summed E-state index contributed by atoms with van der Waals surface area (Å²) < 4.78 is 5.53. The summed E-state index contributed by atoms with van der Waals surface area (Å²) in [6.07, 6.45) is 10.2. The zero-order chi connectivity index (χ0) is 11.7. The van der Waals surface area contributed by atoms with Crippen molar-refractivity contribution < 1.29 is 4.42 Å². The minimum absolute atomic E-state index is 0.434. The topological polar surface area (TPSA) is 51.2 Å². The molecule has 1 atom stereocenters. The van der Waals surface area contributed by atoms with Crippen LogP contribution in [0.2, 0.25) is 0 Å². The van der Waals surface area contributed by atoms with Gasteiger partial charge in [0.1, 0.15) is 5.76 Å². The molecule has 0 saturated heterocycles. The van der Waals surface area contributed by atoms with Crippen molar-refractivity contribution >= 4 is 0 Å². The van der Waals surface area contributed by atoms with Crippen LogP contribution in [-0.4, -0.2) is 12.1 Å². The first-order chi connectivity index (χ1) is 8.33. The van der Waals surface area contributed by atoms with Crippen molar-refractivity contribution in [3.05, 3.63) is 23.7 Å². The van der Waals surface area contributed by atoms with Crippen LogP contribution in [0.1, 0.15) is 55.9 Å². The van der Waals surface area contributed by atoms with E-state index in [1.165, 1.54) is 49.8 Å². The number of nitrogens with one attached hydrogen (secondary N) is 1. The minimum atomic E-state index is 0.434. The zero-order valence-electron chi connectivity index (χ0n) is 10.3. The molecule has 0 aliphatic heterocycles. The van der Waals surface area contributed by atoms with Crippen molar-refractivity contribution in [2.24, 2.45) is 5.73 Å². The third kappa shape index (κ3) is 2.40. The maximum Gasteiger partial charge on any atom is 0.108 e. The molecule has 1 unspecified atom stereocenters. The summed E-state index contributed by atoms with van der Waals surface area (Å²) in [6.45, 7) is 0. The number of fused-ring (bicyclic) bond motifs is 1. The highest BCUT2D eigenvalue weighted by Gasteiger charge is 2.26. The SMILES string of the molecule is NC1CCC(NC2CCCc3occc32)CC1. The van der Waals surface area contributed by atoms with E-state index in [9.17, 15) is 0 Å². The lowest BCUT2D eigenvalue weighted by atomic mass is 9.88. The Kier molecular flexibility index (Phi) is 3.21. The quantitative estimate of drug-likeness (QED) is 0.826. The molecule has 1 aromatic heterocycles. The Balaban J connectivity index is 1.63. The number of hydrogen-bond acceptors (Lipinski definition) is 3. The third-order valence-electron chi connectivity index (χ3n) is 4.26. The first kappa shape index (κ1) is 11.3. The molecule has 2 aliphatic carbocycles. The highest BCUT2D eigenvalue weighted by molar-refractivity contribution is 5.24. The largest absolute Gasteiger partial charge is 0.469 e. The van der Waals surface area contributed by atoms with E-state index in [0.717, 1.165) is 6.42 Å². The van der Waals surface area contributed by atoms with Gasteiger partial charge in [-0.15, -0.1) is 0 Å². The van der Waals surface area contributed by atoms with Crippen LogP contribution in [0.3, 0.4) is 0 Å². The van der Waals surface area contributed by atoms with Gasteiger partial charge >= 0.3 is 0 Å². The molecule has 0 aromatic carbocycles. The van der Waals surface area contributed by atoms with Gasteiger partial charge in [-0.2, -0.15) is 0 Å². The summed E-state index contributed by atoms with van der Waals surface area (Å²) >= 11 is 0. The smallest absolute Gasteiger partial charge is 0.108 e. The predicted octanol–water partition coefficient (Wildman–Crippen LogP) is 2.52. The monoisotopic (exact) mass is 234 g/mol. The highest BCUT2D eigenvalue weighted by atomic mass is 16.3. The number of furan rings is 1. The number of hydrogen-bond donors (Lipinski definition) is 2. The Morgan fingerprint density at radius 2 is 2.00 bits per heavy atom. The third-order valence-corrected chi connectivity index (χ3v) is 4.26. The van der Waals surface area contributed by atoms with E-state index in [1.807, 2.05) is 6.26 Å². The molecule has 3 heteroatoms. The van der Waals surface area contributed by atoms with E-state index in [1.54, 1.807) is 0 Å². The van der Waals surface area contributed by atoms with Crippen molar-refractivity contribution in [2.75, 3.05) is 0 Å². The molecule has 1 aromatic rings. The van der Waals surface area contributed by atoms with Crippen molar-refractivity contribution in [3.8, 4) is 0 Å². The van der Waals surface area contributed by atoms with Gasteiger partial charge < -0.3 is 15.5 Å². The minimum Gasteiger partial charge on any atom is -0.469 e. The average Bonchev–Trinajstić information content (AvgIpc) is 2.81. The second-order valence-corrected chi connectivity index (χ2v) is 5.52. The Labute approximate surface area is 103 Å². The fourth-order valence-electron chi connectivity index (χ4n) is 3.23. The fourth-order valence-corrected chi connectivity index (χ4v) is 3.23. The standard InChI is InChI=1S/C14H22N2O/c15-10-4-6-11(7-5-10)16-13-2-1-3-14-12(13)8-9-17-14/h8-11,13,16H,1-7,15H2. The molecule has 94 valence electrons. The van der Waals surface area contributed by atoms with Gasteiger partial charge in [-0.1, -0.05) is 0 Å². The summed E-state index contributed by atoms with van der Waals surface area (Å²) in [6, 6.07) is 3.74. The maximum absolute atomic E-state index is 5.95. The summed E-state index contributed by atoms with van der Waals surface area (Å²) in [5.74, 6) is 1.20. The lowest BCUT2D eigenvalue weighted by Gasteiger charge is -2.32. The van der Waals surface area contributed by atoms with Gasteiger partial charge in [0.05, 0.1) is 6.26 Å². The van der Waals surface area contributed by atoms with Crippen LogP contribution in [-0.2, 0) is 6.42 Å². The molecular weight excluding hydrogens is 212 g/mol.